The summed E-state index contributed by atoms with van der Waals surface area (Å²) in [5, 5.41) is 15.7. The molecule has 0 saturated heterocycles. The van der Waals surface area contributed by atoms with Gasteiger partial charge in [0.2, 0.25) is 0 Å². The van der Waals surface area contributed by atoms with E-state index in [0.717, 1.165) is 34.0 Å². The van der Waals surface area contributed by atoms with Crippen molar-refractivity contribution < 1.29 is 9.53 Å². The summed E-state index contributed by atoms with van der Waals surface area (Å²) >= 11 is 1.37. The Bertz CT molecular complexity index is 1340. The van der Waals surface area contributed by atoms with Gasteiger partial charge in [-0.25, -0.2) is 5.01 Å². The Balaban J connectivity index is 1.36. The third-order valence-corrected chi connectivity index (χ3v) is 6.97. The van der Waals surface area contributed by atoms with Gasteiger partial charge >= 0.3 is 0 Å². The van der Waals surface area contributed by atoms with Crippen molar-refractivity contribution in [2.24, 2.45) is 12.1 Å². The first kappa shape index (κ1) is 22.9. The van der Waals surface area contributed by atoms with Crippen LogP contribution >= 0.6 is 11.8 Å². The van der Waals surface area contributed by atoms with E-state index in [2.05, 4.69) is 10.2 Å². The van der Waals surface area contributed by atoms with E-state index in [-0.39, 0.29) is 17.7 Å². The molecule has 176 valence electrons. The van der Waals surface area contributed by atoms with Gasteiger partial charge in [-0.15, -0.1) is 10.2 Å². The van der Waals surface area contributed by atoms with E-state index in [4.69, 9.17) is 9.84 Å². The van der Waals surface area contributed by atoms with Crippen LogP contribution in [0.2, 0.25) is 0 Å². The molecule has 0 spiro atoms. The molecule has 8 heteroatoms. The van der Waals surface area contributed by atoms with Crippen LogP contribution in [0.4, 0.5) is 0 Å². The van der Waals surface area contributed by atoms with Crippen molar-refractivity contribution >= 4 is 23.4 Å². The zero-order chi connectivity index (χ0) is 24.2. The molecule has 0 aliphatic carbocycles. The van der Waals surface area contributed by atoms with Gasteiger partial charge in [-0.1, -0.05) is 84.6 Å². The molecule has 0 unspecified atom stereocenters. The highest BCUT2D eigenvalue weighted by atomic mass is 32.2. The fourth-order valence-corrected chi connectivity index (χ4v) is 4.87. The number of amides is 1. The van der Waals surface area contributed by atoms with E-state index in [1.807, 2.05) is 96.5 Å². The van der Waals surface area contributed by atoms with Crippen molar-refractivity contribution in [3.8, 4) is 17.1 Å². The lowest BCUT2D eigenvalue weighted by atomic mass is 9.98. The van der Waals surface area contributed by atoms with E-state index in [0.29, 0.717) is 11.6 Å². The first-order valence-corrected chi connectivity index (χ1v) is 12.3. The highest BCUT2D eigenvalue weighted by Crippen LogP contribution is 2.34. The maximum absolute atomic E-state index is 13.4. The van der Waals surface area contributed by atoms with Crippen LogP contribution in [0.1, 0.15) is 23.6 Å². The maximum Gasteiger partial charge on any atom is 0.253 e. The zero-order valence-electron chi connectivity index (χ0n) is 19.5. The first-order chi connectivity index (χ1) is 17.1. The molecule has 0 N–H and O–H groups in total. The van der Waals surface area contributed by atoms with Crippen LogP contribution in [0, 0.1) is 0 Å². The van der Waals surface area contributed by atoms with Crippen LogP contribution in [0.25, 0.3) is 11.4 Å². The number of rotatable bonds is 7. The number of hydrazone groups is 1. The fraction of sp³-hybridized carbons (Fsp3) is 0.185. The highest BCUT2D eigenvalue weighted by Gasteiger charge is 2.33. The summed E-state index contributed by atoms with van der Waals surface area (Å²) in [4.78, 5) is 13.4. The minimum absolute atomic E-state index is 0.0778. The van der Waals surface area contributed by atoms with Crippen molar-refractivity contribution in [2.75, 3.05) is 12.9 Å². The number of nitrogens with zero attached hydrogens (tertiary/aromatic N) is 5. The third-order valence-electron chi connectivity index (χ3n) is 5.97. The summed E-state index contributed by atoms with van der Waals surface area (Å²) in [6.07, 6.45) is 0.648. The van der Waals surface area contributed by atoms with Gasteiger partial charge in [0.15, 0.2) is 11.0 Å². The molecule has 1 amide bonds. The number of carbonyl (C=O) groups excluding carboxylic acids is 1. The van der Waals surface area contributed by atoms with Gasteiger partial charge in [0, 0.05) is 19.0 Å². The van der Waals surface area contributed by atoms with Gasteiger partial charge in [-0.3, -0.25) is 4.79 Å². The fourth-order valence-electron chi connectivity index (χ4n) is 4.10. The molecule has 0 radical (unpaired) electrons. The summed E-state index contributed by atoms with van der Waals surface area (Å²) in [6, 6.07) is 27.5. The second-order valence-corrected chi connectivity index (χ2v) is 9.11. The minimum Gasteiger partial charge on any atom is -0.497 e. The Morgan fingerprint density at radius 1 is 0.943 bits per heavy atom. The molecule has 0 bridgehead atoms. The Morgan fingerprint density at radius 2 is 1.60 bits per heavy atom. The van der Waals surface area contributed by atoms with Gasteiger partial charge in [0.1, 0.15) is 5.75 Å². The van der Waals surface area contributed by atoms with Crippen LogP contribution in [-0.2, 0) is 11.8 Å². The van der Waals surface area contributed by atoms with Crippen molar-refractivity contribution in [3.05, 3.63) is 96.1 Å². The van der Waals surface area contributed by atoms with Gasteiger partial charge in [0.25, 0.3) is 5.91 Å². The molecule has 0 fully saturated rings. The Morgan fingerprint density at radius 3 is 2.26 bits per heavy atom. The van der Waals surface area contributed by atoms with Gasteiger partial charge in [-0.05, 0) is 23.3 Å². The monoisotopic (exact) mass is 483 g/mol. The molecule has 2 heterocycles. The van der Waals surface area contributed by atoms with Crippen molar-refractivity contribution in [1.29, 1.82) is 0 Å². The second-order valence-electron chi connectivity index (χ2n) is 8.16. The Labute approximate surface area is 208 Å². The predicted molar refractivity (Wildman–Crippen MR) is 137 cm³/mol. The molecule has 1 aliphatic rings. The largest absolute Gasteiger partial charge is 0.497 e. The van der Waals surface area contributed by atoms with Crippen LogP contribution in [0.15, 0.2) is 95.2 Å². The number of hydrogen-bond donors (Lipinski definition) is 0. The van der Waals surface area contributed by atoms with E-state index >= 15 is 0 Å². The normalized spacial score (nSPS) is 15.2. The highest BCUT2D eigenvalue weighted by molar-refractivity contribution is 7.99. The smallest absolute Gasteiger partial charge is 0.253 e. The number of benzene rings is 3. The molecular formula is C27H25N5O2S. The molecule has 7 nitrogen and oxygen atoms in total. The van der Waals surface area contributed by atoms with E-state index in [9.17, 15) is 4.79 Å². The lowest BCUT2D eigenvalue weighted by Gasteiger charge is -2.22. The van der Waals surface area contributed by atoms with Crippen molar-refractivity contribution in [1.82, 2.24) is 19.8 Å². The lowest BCUT2D eigenvalue weighted by molar-refractivity contribution is -0.130. The van der Waals surface area contributed by atoms with E-state index < -0.39 is 0 Å². The second kappa shape index (κ2) is 10.1. The lowest BCUT2D eigenvalue weighted by Crippen LogP contribution is -2.28. The Hall–Kier alpha value is -3.91. The first-order valence-electron chi connectivity index (χ1n) is 11.3. The molecule has 1 aromatic heterocycles. The third kappa shape index (κ3) is 4.83. The number of aromatic nitrogens is 3. The zero-order valence-corrected chi connectivity index (χ0v) is 20.4. The molecule has 1 aliphatic heterocycles. The average Bonchev–Trinajstić information content (AvgIpc) is 3.52. The van der Waals surface area contributed by atoms with Crippen molar-refractivity contribution in [3.63, 3.8) is 0 Å². The molecule has 3 aromatic carbocycles. The minimum atomic E-state index is -0.177. The maximum atomic E-state index is 13.4. The summed E-state index contributed by atoms with van der Waals surface area (Å²) in [5.74, 6) is 1.67. The molecule has 35 heavy (non-hydrogen) atoms. The topological polar surface area (TPSA) is 72.6 Å². The van der Waals surface area contributed by atoms with Gasteiger partial charge < -0.3 is 9.30 Å². The SMILES string of the molecule is COc1ccc([C@H]2CC(c3ccccc3)=NN2C(=O)CSc2nnc(-c3ccccc3)n2C)cc1. The molecule has 4 aromatic rings. The summed E-state index contributed by atoms with van der Waals surface area (Å²) in [7, 11) is 3.56. The number of carbonyl (C=O) groups is 1. The van der Waals surface area contributed by atoms with Crippen molar-refractivity contribution in [2.45, 2.75) is 17.6 Å². The summed E-state index contributed by atoms with van der Waals surface area (Å²) in [5.41, 5.74) is 3.92. The average molecular weight is 484 g/mol. The molecular weight excluding hydrogens is 458 g/mol. The summed E-state index contributed by atoms with van der Waals surface area (Å²) in [6.45, 7) is 0. The Kier molecular flexibility index (Phi) is 6.63. The van der Waals surface area contributed by atoms with E-state index in [1.165, 1.54) is 11.8 Å². The van der Waals surface area contributed by atoms with Crippen LogP contribution in [-0.4, -0.2) is 44.3 Å². The number of thioether (sulfide) groups is 1. The summed E-state index contributed by atoms with van der Waals surface area (Å²) < 4.78 is 7.22. The standard InChI is InChI=1S/C27H25N5O2S/c1-31-26(21-11-7-4-8-12-21)28-29-27(31)35-18-25(33)32-24(20-13-15-22(34-2)16-14-20)17-23(30-32)19-9-5-3-6-10-19/h3-16,24H,17-18H2,1-2H3/t24-/m1/s1. The number of methoxy groups -OCH3 is 1. The van der Waals surface area contributed by atoms with Gasteiger partial charge in [-0.2, -0.15) is 5.10 Å². The number of hydrogen-bond acceptors (Lipinski definition) is 6. The van der Waals surface area contributed by atoms with E-state index in [1.54, 1.807) is 12.1 Å². The quantitative estimate of drug-likeness (QED) is 0.348. The molecule has 0 saturated carbocycles. The van der Waals surface area contributed by atoms with Crippen LogP contribution < -0.4 is 4.74 Å². The van der Waals surface area contributed by atoms with Crippen LogP contribution in [0.5, 0.6) is 5.75 Å². The molecule has 5 rings (SSSR count). The van der Waals surface area contributed by atoms with Gasteiger partial charge in [0.05, 0.1) is 24.6 Å². The predicted octanol–water partition coefficient (Wildman–Crippen LogP) is 4.96. The number of ether oxygens (including phenoxy) is 1. The molecule has 1 atom stereocenters. The van der Waals surface area contributed by atoms with Crippen LogP contribution in [0.3, 0.4) is 0 Å².